The molecule has 0 radical (unpaired) electrons. The molecule has 2 amide bonds. The number of nitrogens with one attached hydrogen (secondary N) is 1. The number of amides is 2. The first-order valence-corrected chi connectivity index (χ1v) is 6.62. The molecule has 92 valence electrons. The Morgan fingerprint density at radius 1 is 1.06 bits per heavy atom. The van der Waals surface area contributed by atoms with Gasteiger partial charge in [-0.05, 0) is 42.4 Å². The molecule has 3 aliphatic rings. The van der Waals surface area contributed by atoms with E-state index in [9.17, 15) is 9.59 Å². The van der Waals surface area contributed by atoms with Crippen molar-refractivity contribution in [3.8, 4) is 0 Å². The number of benzene rings is 1. The van der Waals surface area contributed by atoms with Crippen LogP contribution in [0, 0.1) is 18.8 Å². The smallest absolute Gasteiger partial charge is 0.231 e. The number of rotatable bonds is 2. The SMILES string of the molecule is Cc1cc(C2CC2)ccc1[C@@H]1[C@@H]2C(=O)NC(=O)[C@@H]21. The van der Waals surface area contributed by atoms with Crippen molar-refractivity contribution in [3.63, 3.8) is 0 Å². The van der Waals surface area contributed by atoms with Gasteiger partial charge in [0.15, 0.2) is 0 Å². The highest BCUT2D eigenvalue weighted by atomic mass is 16.2. The second-order valence-electron chi connectivity index (χ2n) is 5.82. The van der Waals surface area contributed by atoms with Gasteiger partial charge in [0, 0.05) is 5.92 Å². The van der Waals surface area contributed by atoms with E-state index in [2.05, 4.69) is 30.4 Å². The van der Waals surface area contributed by atoms with Gasteiger partial charge in [0.1, 0.15) is 0 Å². The van der Waals surface area contributed by atoms with Crippen LogP contribution in [0.5, 0.6) is 0 Å². The summed E-state index contributed by atoms with van der Waals surface area (Å²) in [6.45, 7) is 2.09. The molecule has 1 N–H and O–H groups in total. The zero-order valence-corrected chi connectivity index (χ0v) is 10.3. The molecule has 2 saturated carbocycles. The van der Waals surface area contributed by atoms with Crippen molar-refractivity contribution in [1.29, 1.82) is 0 Å². The van der Waals surface area contributed by atoms with Gasteiger partial charge in [-0.1, -0.05) is 18.2 Å². The molecule has 1 saturated heterocycles. The number of carbonyl (C=O) groups is 2. The fourth-order valence-electron chi connectivity index (χ4n) is 3.38. The summed E-state index contributed by atoms with van der Waals surface area (Å²) in [6, 6.07) is 6.55. The number of carbonyl (C=O) groups excluding carboxylic acids is 2. The Kier molecular flexibility index (Phi) is 1.84. The summed E-state index contributed by atoms with van der Waals surface area (Å²) in [5.74, 6) is 0.535. The van der Waals surface area contributed by atoms with E-state index in [1.54, 1.807) is 0 Å². The fraction of sp³-hybridized carbons (Fsp3) is 0.467. The predicted octanol–water partition coefficient (Wildman–Crippen LogP) is 1.86. The fourth-order valence-corrected chi connectivity index (χ4v) is 3.38. The largest absolute Gasteiger partial charge is 0.296 e. The minimum absolute atomic E-state index is 0.0827. The minimum atomic E-state index is -0.0945. The van der Waals surface area contributed by atoms with Gasteiger partial charge in [0.05, 0.1) is 11.8 Å². The van der Waals surface area contributed by atoms with Crippen LogP contribution >= 0.6 is 0 Å². The molecule has 4 rings (SSSR count). The average Bonchev–Trinajstić information content (AvgIpc) is 3.22. The van der Waals surface area contributed by atoms with E-state index in [1.165, 1.54) is 29.5 Å². The summed E-state index contributed by atoms with van der Waals surface area (Å²) in [6.07, 6.45) is 2.60. The molecule has 3 nitrogen and oxygen atoms in total. The number of aryl methyl sites for hydroxylation is 1. The van der Waals surface area contributed by atoms with E-state index < -0.39 is 0 Å². The van der Waals surface area contributed by atoms with Gasteiger partial charge in [-0.2, -0.15) is 0 Å². The van der Waals surface area contributed by atoms with E-state index in [1.807, 2.05) is 0 Å². The number of piperidine rings is 1. The summed E-state index contributed by atoms with van der Waals surface area (Å²) in [5, 5.41) is 2.40. The lowest BCUT2D eigenvalue weighted by atomic mass is 9.97. The van der Waals surface area contributed by atoms with Gasteiger partial charge in [0.2, 0.25) is 11.8 Å². The molecule has 2 aliphatic carbocycles. The molecule has 0 unspecified atom stereocenters. The third-order valence-corrected chi connectivity index (χ3v) is 4.57. The third-order valence-electron chi connectivity index (χ3n) is 4.57. The van der Waals surface area contributed by atoms with Gasteiger partial charge in [0.25, 0.3) is 0 Å². The van der Waals surface area contributed by atoms with Gasteiger partial charge < -0.3 is 0 Å². The molecule has 3 fully saturated rings. The van der Waals surface area contributed by atoms with E-state index in [0.717, 1.165) is 5.92 Å². The van der Waals surface area contributed by atoms with Crippen molar-refractivity contribution < 1.29 is 9.59 Å². The van der Waals surface area contributed by atoms with Crippen LogP contribution in [-0.2, 0) is 9.59 Å². The maximum atomic E-state index is 11.6. The lowest BCUT2D eigenvalue weighted by Gasteiger charge is -2.09. The molecule has 0 bridgehead atoms. The molecule has 3 heteroatoms. The van der Waals surface area contributed by atoms with E-state index in [-0.39, 0.29) is 29.6 Å². The highest BCUT2D eigenvalue weighted by Gasteiger charge is 2.64. The van der Waals surface area contributed by atoms with Crippen LogP contribution in [0.4, 0.5) is 0 Å². The maximum absolute atomic E-state index is 11.6. The molecule has 1 aromatic rings. The van der Waals surface area contributed by atoms with Crippen LogP contribution in [-0.4, -0.2) is 11.8 Å². The molecular weight excluding hydrogens is 226 g/mol. The summed E-state index contributed by atoms with van der Waals surface area (Å²) < 4.78 is 0. The second kappa shape index (κ2) is 3.22. The van der Waals surface area contributed by atoms with Crippen molar-refractivity contribution in [2.24, 2.45) is 11.8 Å². The highest BCUT2D eigenvalue weighted by molar-refractivity contribution is 6.10. The predicted molar refractivity (Wildman–Crippen MR) is 66.0 cm³/mol. The number of imide groups is 1. The Morgan fingerprint density at radius 3 is 2.28 bits per heavy atom. The van der Waals surface area contributed by atoms with Crippen LogP contribution in [0.3, 0.4) is 0 Å². The lowest BCUT2D eigenvalue weighted by molar-refractivity contribution is -0.127. The van der Waals surface area contributed by atoms with Crippen LogP contribution < -0.4 is 5.32 Å². The minimum Gasteiger partial charge on any atom is -0.296 e. The maximum Gasteiger partial charge on any atom is 0.231 e. The lowest BCUT2D eigenvalue weighted by Crippen LogP contribution is -2.27. The van der Waals surface area contributed by atoms with E-state index in [0.29, 0.717) is 0 Å². The molecular formula is C15H15NO2. The highest BCUT2D eigenvalue weighted by Crippen LogP contribution is 2.57. The zero-order valence-electron chi connectivity index (χ0n) is 10.3. The molecule has 0 spiro atoms. The normalized spacial score (nSPS) is 33.3. The summed E-state index contributed by atoms with van der Waals surface area (Å²) >= 11 is 0. The first-order valence-electron chi connectivity index (χ1n) is 6.62. The Bertz CT molecular complexity index is 554. The van der Waals surface area contributed by atoms with Crippen molar-refractivity contribution in [2.75, 3.05) is 0 Å². The molecule has 1 aromatic carbocycles. The summed E-state index contributed by atoms with van der Waals surface area (Å²) in [5.41, 5.74) is 3.84. The number of hydrogen-bond donors (Lipinski definition) is 1. The second-order valence-corrected chi connectivity index (χ2v) is 5.82. The summed E-state index contributed by atoms with van der Waals surface area (Å²) in [7, 11) is 0. The van der Waals surface area contributed by atoms with Crippen LogP contribution in [0.25, 0.3) is 0 Å². The van der Waals surface area contributed by atoms with Gasteiger partial charge >= 0.3 is 0 Å². The molecule has 1 aliphatic heterocycles. The van der Waals surface area contributed by atoms with Gasteiger partial charge in [-0.3, -0.25) is 14.9 Å². The van der Waals surface area contributed by atoms with Crippen LogP contribution in [0.15, 0.2) is 18.2 Å². The Morgan fingerprint density at radius 2 is 1.72 bits per heavy atom. The first-order chi connectivity index (χ1) is 8.66. The van der Waals surface area contributed by atoms with Crippen molar-refractivity contribution in [1.82, 2.24) is 5.32 Å². The Balaban J connectivity index is 1.66. The molecule has 3 atom stereocenters. The molecule has 18 heavy (non-hydrogen) atoms. The van der Waals surface area contributed by atoms with Crippen LogP contribution in [0.2, 0.25) is 0 Å². The van der Waals surface area contributed by atoms with E-state index >= 15 is 0 Å². The average molecular weight is 241 g/mol. The monoisotopic (exact) mass is 241 g/mol. The van der Waals surface area contributed by atoms with Gasteiger partial charge in [-0.15, -0.1) is 0 Å². The molecule has 0 aromatic heterocycles. The van der Waals surface area contributed by atoms with Crippen molar-refractivity contribution >= 4 is 11.8 Å². The number of hydrogen-bond acceptors (Lipinski definition) is 2. The molecule has 1 heterocycles. The first kappa shape index (κ1) is 10.3. The Labute approximate surface area is 106 Å². The van der Waals surface area contributed by atoms with Crippen molar-refractivity contribution in [3.05, 3.63) is 34.9 Å². The Hall–Kier alpha value is -1.64. The zero-order chi connectivity index (χ0) is 12.4. The third kappa shape index (κ3) is 1.30. The van der Waals surface area contributed by atoms with Crippen LogP contribution in [0.1, 0.15) is 41.4 Å². The topological polar surface area (TPSA) is 46.2 Å². The van der Waals surface area contributed by atoms with Gasteiger partial charge in [-0.25, -0.2) is 0 Å². The summed E-state index contributed by atoms with van der Waals surface area (Å²) in [4.78, 5) is 23.1. The quantitative estimate of drug-likeness (QED) is 0.803. The van der Waals surface area contributed by atoms with E-state index in [4.69, 9.17) is 0 Å². The number of fused-ring (bicyclic) bond motifs is 1. The van der Waals surface area contributed by atoms with Crippen molar-refractivity contribution in [2.45, 2.75) is 31.6 Å². The standard InChI is InChI=1S/C15H15NO2/c1-7-6-9(8-2-3-8)4-5-10(7)11-12-13(11)15(18)16-14(12)17/h4-6,8,11-13H,2-3H2,1H3,(H,16,17,18)/t11-,12+,13-.